The van der Waals surface area contributed by atoms with Gasteiger partial charge in [-0.3, -0.25) is 10.2 Å². The predicted octanol–water partition coefficient (Wildman–Crippen LogP) is 3.31. The van der Waals surface area contributed by atoms with E-state index in [-0.39, 0.29) is 0 Å². The molecule has 6 nitrogen and oxygen atoms in total. The molecule has 1 aromatic carbocycles. The Bertz CT molecular complexity index is 715. The first-order valence-electron chi connectivity index (χ1n) is 8.27. The fourth-order valence-corrected chi connectivity index (χ4v) is 2.84. The Morgan fingerprint density at radius 2 is 1.79 bits per heavy atom. The van der Waals surface area contributed by atoms with Crippen LogP contribution in [0.3, 0.4) is 0 Å². The summed E-state index contributed by atoms with van der Waals surface area (Å²) in [6.07, 6.45) is 10.2. The summed E-state index contributed by atoms with van der Waals surface area (Å²) in [4.78, 5) is 8.52. The van der Waals surface area contributed by atoms with Gasteiger partial charge in [-0.15, -0.1) is 0 Å². The highest BCUT2D eigenvalue weighted by Crippen LogP contribution is 2.24. The van der Waals surface area contributed by atoms with Gasteiger partial charge in [0.05, 0.1) is 0 Å². The van der Waals surface area contributed by atoms with Crippen molar-refractivity contribution in [1.82, 2.24) is 30.4 Å². The predicted molar refractivity (Wildman–Crippen MR) is 93.3 cm³/mol. The molecular formula is C18H22N6. The standard InChI is InChI=1S/C18H22N6/c1-2-14-7-9-15(10-8-14)11-16(18-20-13-22-24-18)5-3-4-6-17-19-12-21-23-17/h2,7-10,12-13,16H,1,3-6,11H2,(H,19,21,23)(H,20,22,24). The minimum absolute atomic E-state index is 0.318. The summed E-state index contributed by atoms with van der Waals surface area (Å²) in [5.41, 5.74) is 2.43. The van der Waals surface area contributed by atoms with Crippen molar-refractivity contribution in [3.05, 3.63) is 66.3 Å². The van der Waals surface area contributed by atoms with E-state index in [1.807, 2.05) is 6.08 Å². The number of aromatic nitrogens is 6. The van der Waals surface area contributed by atoms with Crippen molar-refractivity contribution >= 4 is 6.08 Å². The lowest BCUT2D eigenvalue weighted by Gasteiger charge is -2.14. The highest BCUT2D eigenvalue weighted by atomic mass is 15.2. The lowest BCUT2D eigenvalue weighted by molar-refractivity contribution is 0.542. The van der Waals surface area contributed by atoms with Gasteiger partial charge in [0.25, 0.3) is 0 Å². The molecule has 0 fully saturated rings. The maximum Gasteiger partial charge on any atom is 0.153 e. The molecule has 24 heavy (non-hydrogen) atoms. The molecule has 6 heteroatoms. The number of hydrogen-bond acceptors (Lipinski definition) is 4. The molecule has 0 radical (unpaired) electrons. The number of unbranched alkanes of at least 4 members (excludes halogenated alkanes) is 1. The summed E-state index contributed by atoms with van der Waals surface area (Å²) in [6.45, 7) is 3.80. The number of H-pyrrole nitrogens is 2. The largest absolute Gasteiger partial charge is 0.266 e. The fourth-order valence-electron chi connectivity index (χ4n) is 2.84. The first-order chi connectivity index (χ1) is 11.8. The zero-order valence-electron chi connectivity index (χ0n) is 13.7. The molecule has 3 aromatic rings. The molecular weight excluding hydrogens is 300 g/mol. The molecule has 0 aliphatic rings. The second-order valence-corrected chi connectivity index (χ2v) is 5.87. The molecule has 124 valence electrons. The van der Waals surface area contributed by atoms with Crippen LogP contribution in [0.1, 0.15) is 48.0 Å². The van der Waals surface area contributed by atoms with Crippen LogP contribution in [0.2, 0.25) is 0 Å². The second kappa shape index (κ2) is 8.19. The van der Waals surface area contributed by atoms with E-state index < -0.39 is 0 Å². The van der Waals surface area contributed by atoms with Crippen molar-refractivity contribution in [2.45, 2.75) is 38.0 Å². The van der Waals surface area contributed by atoms with E-state index in [1.165, 1.54) is 5.56 Å². The van der Waals surface area contributed by atoms with Gasteiger partial charge in [0.2, 0.25) is 0 Å². The summed E-state index contributed by atoms with van der Waals surface area (Å²) >= 11 is 0. The Hall–Kier alpha value is -2.76. The minimum atomic E-state index is 0.318. The highest BCUT2D eigenvalue weighted by Gasteiger charge is 2.16. The molecule has 1 unspecified atom stereocenters. The number of nitrogens with zero attached hydrogens (tertiary/aromatic N) is 4. The Morgan fingerprint density at radius 1 is 1.00 bits per heavy atom. The molecule has 1 atom stereocenters. The maximum atomic E-state index is 4.36. The van der Waals surface area contributed by atoms with E-state index in [1.54, 1.807) is 12.7 Å². The van der Waals surface area contributed by atoms with Crippen molar-refractivity contribution in [1.29, 1.82) is 0 Å². The van der Waals surface area contributed by atoms with E-state index >= 15 is 0 Å². The average molecular weight is 322 g/mol. The van der Waals surface area contributed by atoms with Crippen molar-refractivity contribution in [2.24, 2.45) is 0 Å². The normalized spacial score (nSPS) is 12.2. The Balaban J connectivity index is 1.57. The third kappa shape index (κ3) is 4.38. The summed E-state index contributed by atoms with van der Waals surface area (Å²) in [5, 5.41) is 14.0. The van der Waals surface area contributed by atoms with E-state index in [9.17, 15) is 0 Å². The van der Waals surface area contributed by atoms with E-state index in [0.29, 0.717) is 5.92 Å². The number of hydrogen-bond donors (Lipinski definition) is 2. The maximum absolute atomic E-state index is 4.36. The Morgan fingerprint density at radius 3 is 2.46 bits per heavy atom. The van der Waals surface area contributed by atoms with Gasteiger partial charge in [0.1, 0.15) is 18.5 Å². The van der Waals surface area contributed by atoms with Crippen LogP contribution in [0.5, 0.6) is 0 Å². The van der Waals surface area contributed by atoms with Crippen LogP contribution in [0.4, 0.5) is 0 Å². The third-order valence-electron chi connectivity index (χ3n) is 4.16. The van der Waals surface area contributed by atoms with Crippen LogP contribution in [0.25, 0.3) is 6.08 Å². The lowest BCUT2D eigenvalue weighted by atomic mass is 9.92. The van der Waals surface area contributed by atoms with Crippen LogP contribution in [0, 0.1) is 0 Å². The summed E-state index contributed by atoms with van der Waals surface area (Å²) in [6, 6.07) is 8.51. The van der Waals surface area contributed by atoms with E-state index in [4.69, 9.17) is 0 Å². The van der Waals surface area contributed by atoms with Gasteiger partial charge in [-0.1, -0.05) is 43.3 Å². The van der Waals surface area contributed by atoms with Gasteiger partial charge in [-0.25, -0.2) is 9.97 Å². The summed E-state index contributed by atoms with van der Waals surface area (Å²) in [7, 11) is 0. The molecule has 2 heterocycles. The number of aromatic amines is 2. The molecule has 2 aromatic heterocycles. The summed E-state index contributed by atoms with van der Waals surface area (Å²) < 4.78 is 0. The van der Waals surface area contributed by atoms with Gasteiger partial charge >= 0.3 is 0 Å². The molecule has 0 amide bonds. The van der Waals surface area contributed by atoms with Crippen molar-refractivity contribution in [3.8, 4) is 0 Å². The van der Waals surface area contributed by atoms with Crippen molar-refractivity contribution in [3.63, 3.8) is 0 Å². The van der Waals surface area contributed by atoms with E-state index in [2.05, 4.69) is 61.2 Å². The van der Waals surface area contributed by atoms with Crippen molar-refractivity contribution < 1.29 is 0 Å². The SMILES string of the molecule is C=Cc1ccc(CC(CCCCc2nc[nH]n2)c2nc[nH]n2)cc1. The van der Waals surface area contributed by atoms with Gasteiger partial charge in [-0.2, -0.15) is 10.2 Å². The van der Waals surface area contributed by atoms with Crippen LogP contribution in [-0.4, -0.2) is 30.4 Å². The summed E-state index contributed by atoms with van der Waals surface area (Å²) in [5.74, 6) is 2.09. The average Bonchev–Trinajstić information content (AvgIpc) is 3.32. The topological polar surface area (TPSA) is 83.1 Å². The number of nitrogens with one attached hydrogen (secondary N) is 2. The number of rotatable bonds is 9. The monoisotopic (exact) mass is 322 g/mol. The Labute approximate surface area is 141 Å². The van der Waals surface area contributed by atoms with Gasteiger partial charge in [-0.05, 0) is 30.4 Å². The smallest absolute Gasteiger partial charge is 0.153 e. The number of aryl methyl sites for hydroxylation is 1. The van der Waals surface area contributed by atoms with Gasteiger partial charge < -0.3 is 0 Å². The number of benzene rings is 1. The van der Waals surface area contributed by atoms with E-state index in [0.717, 1.165) is 49.3 Å². The van der Waals surface area contributed by atoms with Crippen LogP contribution < -0.4 is 0 Å². The van der Waals surface area contributed by atoms with Crippen LogP contribution in [-0.2, 0) is 12.8 Å². The zero-order valence-corrected chi connectivity index (χ0v) is 13.7. The first kappa shape index (κ1) is 16.1. The van der Waals surface area contributed by atoms with Crippen LogP contribution >= 0.6 is 0 Å². The molecule has 3 rings (SSSR count). The van der Waals surface area contributed by atoms with Gasteiger partial charge in [0.15, 0.2) is 5.82 Å². The Kier molecular flexibility index (Phi) is 5.50. The first-order valence-corrected chi connectivity index (χ1v) is 8.27. The van der Waals surface area contributed by atoms with Crippen LogP contribution in [0.15, 0.2) is 43.5 Å². The molecule has 0 aliphatic carbocycles. The molecule has 0 spiro atoms. The molecule has 0 bridgehead atoms. The molecule has 0 saturated carbocycles. The fraction of sp³-hybridized carbons (Fsp3) is 0.333. The second-order valence-electron chi connectivity index (χ2n) is 5.87. The molecule has 2 N–H and O–H groups in total. The zero-order chi connectivity index (χ0) is 16.6. The van der Waals surface area contributed by atoms with Crippen molar-refractivity contribution in [2.75, 3.05) is 0 Å². The minimum Gasteiger partial charge on any atom is -0.266 e. The quantitative estimate of drug-likeness (QED) is 0.592. The molecule has 0 aliphatic heterocycles. The highest BCUT2D eigenvalue weighted by molar-refractivity contribution is 5.47. The van der Waals surface area contributed by atoms with Gasteiger partial charge in [0, 0.05) is 12.3 Å². The lowest BCUT2D eigenvalue weighted by Crippen LogP contribution is -2.06. The third-order valence-corrected chi connectivity index (χ3v) is 4.16. The molecule has 0 saturated heterocycles.